The minimum atomic E-state index is -6.38. The monoisotopic (exact) mass is 839 g/mol. The SMILES string of the molecule is Nc1nc2c(ncn2[C@@H]2O[C@H](COP(=O)(OC[C@H]3O[C@@H](n4cnc5c(=O)[nH]c(N)nc54)[C@H](O)[C@@H]3O)OP(=O)([O-])OP(=O)([O-])[O-])[C@@H](O)[C@H]2O)c(=O)[nH]1.[NH4+].[NH4+].[NH4+]. The van der Waals surface area contributed by atoms with Crippen LogP contribution in [-0.2, 0) is 40.8 Å². The van der Waals surface area contributed by atoms with Crippen LogP contribution in [0.5, 0.6) is 0 Å². The van der Waals surface area contributed by atoms with Crippen molar-refractivity contribution in [3.05, 3.63) is 33.4 Å². The first-order valence-corrected chi connectivity index (χ1v) is 18.3. The predicted molar refractivity (Wildman–Crippen MR) is 172 cm³/mol. The van der Waals surface area contributed by atoms with Gasteiger partial charge in [-0.15, -0.1) is 0 Å². The number of aliphatic hydroxyl groups excluding tert-OH is 4. The van der Waals surface area contributed by atoms with Crippen molar-refractivity contribution >= 4 is 57.7 Å². The summed E-state index contributed by atoms with van der Waals surface area (Å²) in [5, 5.41) is 42.6. The third-order valence-electron chi connectivity index (χ3n) is 7.32. The van der Waals surface area contributed by atoms with Crippen LogP contribution in [0.2, 0.25) is 0 Å². The smallest absolute Gasteiger partial charge is 0.481 e. The Morgan fingerprint density at radius 3 is 1.48 bits per heavy atom. The Kier molecular flexibility index (Phi) is 13.4. The lowest BCUT2D eigenvalue weighted by Crippen LogP contribution is -2.34. The number of nitrogen functional groups attached to an aromatic ring is 2. The molecule has 2 saturated heterocycles. The van der Waals surface area contributed by atoms with E-state index in [9.17, 15) is 58.4 Å². The van der Waals surface area contributed by atoms with Crippen LogP contribution < -0.4 is 55.7 Å². The lowest BCUT2D eigenvalue weighted by molar-refractivity contribution is -0.339. The molecule has 6 heterocycles. The number of nitrogens with zero attached hydrogens (tertiary/aromatic N) is 6. The van der Waals surface area contributed by atoms with Gasteiger partial charge in [-0.05, 0) is 0 Å². The van der Waals surface area contributed by atoms with Crippen molar-refractivity contribution in [3.8, 4) is 0 Å². The van der Waals surface area contributed by atoms with Crippen molar-refractivity contribution in [2.45, 2.75) is 49.1 Å². The summed E-state index contributed by atoms with van der Waals surface area (Å²) in [4.78, 5) is 78.3. The number of H-pyrrole nitrogens is 2. The van der Waals surface area contributed by atoms with E-state index in [1.807, 2.05) is 0 Å². The van der Waals surface area contributed by atoms with E-state index in [0.29, 0.717) is 0 Å². The van der Waals surface area contributed by atoms with Gasteiger partial charge in [-0.3, -0.25) is 46.6 Å². The van der Waals surface area contributed by atoms with Gasteiger partial charge in [0.2, 0.25) is 11.9 Å². The summed E-state index contributed by atoms with van der Waals surface area (Å²) in [6.45, 7) is -2.33. The van der Waals surface area contributed by atoms with Gasteiger partial charge >= 0.3 is 7.82 Å². The largest absolute Gasteiger partial charge is 0.790 e. The molecule has 4 aromatic heterocycles. The molecule has 304 valence electrons. The number of fused-ring (bicyclic) bond motifs is 2. The summed E-state index contributed by atoms with van der Waals surface area (Å²) in [5.41, 5.74) is 8.76. The summed E-state index contributed by atoms with van der Waals surface area (Å²) < 4.78 is 67.2. The molecule has 6 rings (SSSR count). The van der Waals surface area contributed by atoms with E-state index in [0.717, 1.165) is 21.8 Å². The summed E-state index contributed by atoms with van der Waals surface area (Å²) >= 11 is 0. The molecule has 4 aromatic rings. The molecular formula is C20H36N13O18P3. The average Bonchev–Trinajstić information content (AvgIpc) is 3.75. The molecule has 54 heavy (non-hydrogen) atoms. The standard InChI is InChI=1S/C20H27N10O18P3.3H3N/c21-19-25-13-7(15(35)27-19)23-3-29(13)17-11(33)9(31)5(45-17)1-43-51(42,48-50(40,41)47-49(37,38)39)44-2-6-10(32)12(34)18(46-6)30-4-24-8-14(30)26-20(22)28-16(8)36;;;/h3-6,9-12,17-18,31-34H,1-2H2,(H,40,41)(H2,37,38,39)(H3,21,25,27,35)(H3,22,26,28,36);3*1H3/t5-,6-,9-,10-,11-,12-,17-,18-;;;/m1.../s1. The van der Waals surface area contributed by atoms with Crippen LogP contribution in [0.4, 0.5) is 11.9 Å². The first kappa shape index (κ1) is 44.7. The van der Waals surface area contributed by atoms with Gasteiger partial charge in [0.25, 0.3) is 18.9 Å². The zero-order valence-corrected chi connectivity index (χ0v) is 30.6. The fourth-order valence-corrected chi connectivity index (χ4v) is 8.58. The highest BCUT2D eigenvalue weighted by Gasteiger charge is 2.48. The third-order valence-corrected chi connectivity index (χ3v) is 11.4. The number of imidazole rings is 2. The number of phosphoric ester groups is 1. The van der Waals surface area contributed by atoms with Crippen LogP contribution in [-0.4, -0.2) is 109 Å². The topological polar surface area (TPSA) is 545 Å². The third kappa shape index (κ3) is 8.90. The number of phosphoric acid groups is 3. The van der Waals surface area contributed by atoms with Crippen molar-refractivity contribution < 1.29 is 75.9 Å². The number of aromatic nitrogens is 8. The van der Waals surface area contributed by atoms with Gasteiger partial charge in [0.15, 0.2) is 34.8 Å². The second kappa shape index (κ2) is 16.2. The summed E-state index contributed by atoms with van der Waals surface area (Å²) in [7, 11) is -18.4. The molecular weight excluding hydrogens is 803 g/mol. The van der Waals surface area contributed by atoms with Gasteiger partial charge in [0.05, 0.1) is 33.7 Å². The van der Waals surface area contributed by atoms with Gasteiger partial charge in [-0.25, -0.2) is 18.8 Å². The Balaban J connectivity index is 0.00000261. The second-order valence-electron chi connectivity index (χ2n) is 10.7. The van der Waals surface area contributed by atoms with E-state index in [2.05, 4.69) is 38.5 Å². The molecule has 1 unspecified atom stereocenters. The lowest BCUT2D eigenvalue weighted by Gasteiger charge is -2.36. The van der Waals surface area contributed by atoms with Crippen LogP contribution in [0.3, 0.4) is 0 Å². The number of nitrogens with one attached hydrogen (secondary N) is 2. The fourth-order valence-electron chi connectivity index (χ4n) is 5.13. The molecule has 2 aliphatic rings. The van der Waals surface area contributed by atoms with Gasteiger partial charge in [-0.2, -0.15) is 9.97 Å². The van der Waals surface area contributed by atoms with Crippen LogP contribution in [0.1, 0.15) is 12.5 Å². The fraction of sp³-hybridized carbons (Fsp3) is 0.500. The molecule has 0 amide bonds. The maximum Gasteiger partial charge on any atom is 0.481 e. The van der Waals surface area contributed by atoms with Crippen molar-refractivity contribution in [2.24, 2.45) is 0 Å². The highest BCUT2D eigenvalue weighted by molar-refractivity contribution is 7.65. The minimum absolute atomic E-state index is 0. The lowest BCUT2D eigenvalue weighted by atomic mass is 10.1. The molecule has 0 radical (unpaired) electrons. The van der Waals surface area contributed by atoms with Crippen LogP contribution in [0.15, 0.2) is 22.2 Å². The zero-order chi connectivity index (χ0) is 37.2. The molecule has 0 spiro atoms. The molecule has 31 nitrogen and oxygen atoms in total. The number of quaternary nitrogens is 3. The molecule has 9 atom stereocenters. The first-order chi connectivity index (χ1) is 23.8. The molecule has 0 aromatic carbocycles. The summed E-state index contributed by atoms with van der Waals surface area (Å²) in [6.07, 6.45) is -12.0. The maximum atomic E-state index is 13.6. The van der Waals surface area contributed by atoms with Crippen LogP contribution in [0, 0.1) is 0 Å². The summed E-state index contributed by atoms with van der Waals surface area (Å²) in [6, 6.07) is 0. The Bertz CT molecular complexity index is 2100. The highest BCUT2D eigenvalue weighted by atomic mass is 31.3. The van der Waals surface area contributed by atoms with Gasteiger partial charge in [-0.1, -0.05) is 0 Å². The van der Waals surface area contributed by atoms with Crippen LogP contribution >= 0.6 is 23.5 Å². The molecule has 2 aliphatic heterocycles. The predicted octanol–water partition coefficient (Wildman–Crippen LogP) is -4.74. The quantitative estimate of drug-likeness (QED) is 0.0597. The molecule has 2 fully saturated rings. The second-order valence-corrected chi connectivity index (χ2v) is 15.2. The Morgan fingerprint density at radius 2 is 1.11 bits per heavy atom. The number of hydrogen-bond donors (Lipinski definition) is 11. The summed E-state index contributed by atoms with van der Waals surface area (Å²) in [5.74, 6) is -0.680. The minimum Gasteiger partial charge on any atom is -0.790 e. The van der Waals surface area contributed by atoms with E-state index in [1.165, 1.54) is 0 Å². The maximum absolute atomic E-state index is 13.6. The molecule has 34 heteroatoms. The normalized spacial score (nSPS) is 27.8. The van der Waals surface area contributed by atoms with Crippen LogP contribution in [0.25, 0.3) is 22.3 Å². The highest BCUT2D eigenvalue weighted by Crippen LogP contribution is 2.65. The van der Waals surface area contributed by atoms with Crippen molar-refractivity contribution in [3.63, 3.8) is 0 Å². The molecule has 22 N–H and O–H groups in total. The van der Waals surface area contributed by atoms with E-state index >= 15 is 0 Å². The number of aromatic amines is 2. The number of hydrogen-bond acceptors (Lipinski definition) is 24. The van der Waals surface area contributed by atoms with Crippen molar-refractivity contribution in [1.82, 2.24) is 57.5 Å². The van der Waals surface area contributed by atoms with Gasteiger partial charge in [0.1, 0.15) is 36.6 Å². The van der Waals surface area contributed by atoms with E-state index in [4.69, 9.17) is 30.0 Å². The molecule has 0 aliphatic carbocycles. The molecule has 0 saturated carbocycles. The number of ether oxygens (including phenoxy) is 2. The van der Waals surface area contributed by atoms with E-state index < -0.39 is 96.9 Å². The first-order valence-electron chi connectivity index (χ1n) is 13.9. The Labute approximate surface area is 298 Å². The number of aliphatic hydroxyl groups is 4. The average molecular weight is 840 g/mol. The van der Waals surface area contributed by atoms with E-state index in [1.54, 1.807) is 0 Å². The van der Waals surface area contributed by atoms with E-state index in [-0.39, 0.29) is 52.7 Å². The number of anilines is 2. The van der Waals surface area contributed by atoms with Crippen molar-refractivity contribution in [1.29, 1.82) is 0 Å². The van der Waals surface area contributed by atoms with Gasteiger partial charge < -0.3 is 79.1 Å². The van der Waals surface area contributed by atoms with Crippen molar-refractivity contribution in [2.75, 3.05) is 24.7 Å². The number of nitrogens with two attached hydrogens (primary N) is 2. The molecule has 0 bridgehead atoms. The van der Waals surface area contributed by atoms with Gasteiger partial charge in [0, 0.05) is 0 Å². The Morgan fingerprint density at radius 1 is 0.722 bits per heavy atom. The Hall–Kier alpha value is -3.65. The number of rotatable bonds is 12. The zero-order valence-electron chi connectivity index (χ0n) is 27.9.